The number of rotatable bonds is 5. The number of amides is 1. The molecule has 3 rings (SSSR count). The van der Waals surface area contributed by atoms with Crippen molar-refractivity contribution in [2.24, 2.45) is 0 Å². The molecule has 0 unspecified atom stereocenters. The Morgan fingerprint density at radius 2 is 2.08 bits per heavy atom. The lowest BCUT2D eigenvalue weighted by Gasteiger charge is -2.16. The molecular formula is C19H21N3O4. The van der Waals surface area contributed by atoms with Gasteiger partial charge in [-0.15, -0.1) is 0 Å². The molecule has 2 aromatic rings. The first-order chi connectivity index (χ1) is 12.5. The van der Waals surface area contributed by atoms with Crippen LogP contribution in [0.25, 0.3) is 11.3 Å². The molecule has 1 fully saturated rings. The van der Waals surface area contributed by atoms with Crippen LogP contribution in [0.3, 0.4) is 0 Å². The van der Waals surface area contributed by atoms with E-state index in [1.54, 1.807) is 36.1 Å². The van der Waals surface area contributed by atoms with Gasteiger partial charge in [0.05, 0.1) is 11.3 Å². The van der Waals surface area contributed by atoms with Crippen LogP contribution < -0.4 is 0 Å². The predicted octanol–water partition coefficient (Wildman–Crippen LogP) is 2.11. The highest BCUT2D eigenvalue weighted by Crippen LogP contribution is 2.29. The van der Waals surface area contributed by atoms with Crippen molar-refractivity contribution in [2.45, 2.75) is 19.3 Å². The summed E-state index contributed by atoms with van der Waals surface area (Å²) in [6, 6.07) is 8.63. The fourth-order valence-electron chi connectivity index (χ4n) is 3.27. The van der Waals surface area contributed by atoms with Gasteiger partial charge >= 0.3 is 5.97 Å². The molecule has 0 saturated carbocycles. The van der Waals surface area contributed by atoms with Crippen LogP contribution >= 0.6 is 0 Å². The number of likely N-dealkylation sites (tertiary alicyclic amines) is 1. The van der Waals surface area contributed by atoms with Gasteiger partial charge in [-0.2, -0.15) is 0 Å². The highest BCUT2D eigenvalue weighted by molar-refractivity contribution is 5.95. The Morgan fingerprint density at radius 3 is 2.81 bits per heavy atom. The number of aromatic carboxylic acids is 1. The van der Waals surface area contributed by atoms with Gasteiger partial charge in [-0.1, -0.05) is 18.2 Å². The summed E-state index contributed by atoms with van der Waals surface area (Å²) in [5, 5.41) is 9.42. The first-order valence-electron chi connectivity index (χ1n) is 8.44. The van der Waals surface area contributed by atoms with Gasteiger partial charge in [-0.3, -0.25) is 4.79 Å². The van der Waals surface area contributed by atoms with Gasteiger partial charge in [0.15, 0.2) is 0 Å². The molecule has 7 heteroatoms. The van der Waals surface area contributed by atoms with E-state index >= 15 is 0 Å². The Morgan fingerprint density at radius 1 is 1.31 bits per heavy atom. The standard InChI is InChI=1S/C19H21N3O4/c1-12-20-16(13-7-8-22(10-13)18(23)11-26-2)9-17(21-12)14-5-3-4-6-15(14)19(24)25/h3-6,9,13H,7-8,10-11H2,1-2H3,(H,24,25)/t13-/m1/s1. The fraction of sp³-hybridized carbons (Fsp3) is 0.368. The van der Waals surface area contributed by atoms with Crippen molar-refractivity contribution in [2.75, 3.05) is 26.8 Å². The molecule has 1 amide bonds. The van der Waals surface area contributed by atoms with E-state index in [-0.39, 0.29) is 24.0 Å². The Labute approximate surface area is 151 Å². The maximum Gasteiger partial charge on any atom is 0.336 e. The van der Waals surface area contributed by atoms with Gasteiger partial charge in [0.1, 0.15) is 12.4 Å². The molecule has 2 heterocycles. The normalized spacial score (nSPS) is 16.7. The first-order valence-corrected chi connectivity index (χ1v) is 8.44. The molecule has 1 saturated heterocycles. The largest absolute Gasteiger partial charge is 0.478 e. The molecule has 1 aromatic carbocycles. The summed E-state index contributed by atoms with van der Waals surface area (Å²) in [6.45, 7) is 3.11. The molecule has 26 heavy (non-hydrogen) atoms. The van der Waals surface area contributed by atoms with E-state index in [4.69, 9.17) is 4.74 Å². The zero-order valence-electron chi connectivity index (χ0n) is 14.8. The van der Waals surface area contributed by atoms with Crippen LogP contribution in [0.2, 0.25) is 0 Å². The molecule has 1 aromatic heterocycles. The van der Waals surface area contributed by atoms with Gasteiger partial charge in [0.25, 0.3) is 0 Å². The molecule has 1 aliphatic rings. The van der Waals surface area contributed by atoms with E-state index in [1.165, 1.54) is 7.11 Å². The van der Waals surface area contributed by atoms with Gasteiger partial charge in [-0.25, -0.2) is 14.8 Å². The average molecular weight is 355 g/mol. The zero-order chi connectivity index (χ0) is 18.7. The third kappa shape index (κ3) is 3.72. The maximum absolute atomic E-state index is 12.0. The third-order valence-corrected chi connectivity index (χ3v) is 4.52. The summed E-state index contributed by atoms with van der Waals surface area (Å²) in [6.07, 6.45) is 0.811. The molecular weight excluding hydrogens is 334 g/mol. The molecule has 0 aliphatic carbocycles. The second-order valence-corrected chi connectivity index (χ2v) is 6.33. The van der Waals surface area contributed by atoms with Crippen molar-refractivity contribution in [3.8, 4) is 11.3 Å². The molecule has 1 N–H and O–H groups in total. The molecule has 7 nitrogen and oxygen atoms in total. The van der Waals surface area contributed by atoms with Crippen molar-refractivity contribution in [1.29, 1.82) is 0 Å². The van der Waals surface area contributed by atoms with E-state index < -0.39 is 5.97 Å². The van der Waals surface area contributed by atoms with Crippen LogP contribution in [0, 0.1) is 6.92 Å². The van der Waals surface area contributed by atoms with E-state index in [9.17, 15) is 14.7 Å². The summed E-state index contributed by atoms with van der Waals surface area (Å²) in [5.41, 5.74) is 2.20. The van der Waals surface area contributed by atoms with E-state index in [1.807, 2.05) is 6.07 Å². The Balaban J connectivity index is 1.90. The van der Waals surface area contributed by atoms with Crippen molar-refractivity contribution >= 4 is 11.9 Å². The monoisotopic (exact) mass is 355 g/mol. The SMILES string of the molecule is COCC(=O)N1CC[C@@H](c2cc(-c3ccccc3C(=O)O)nc(C)n2)C1. The van der Waals surface area contributed by atoms with Gasteiger partial charge in [-0.05, 0) is 25.5 Å². The third-order valence-electron chi connectivity index (χ3n) is 4.52. The van der Waals surface area contributed by atoms with Crippen molar-refractivity contribution < 1.29 is 19.4 Å². The lowest BCUT2D eigenvalue weighted by molar-refractivity contribution is -0.134. The highest BCUT2D eigenvalue weighted by Gasteiger charge is 2.28. The summed E-state index contributed by atoms with van der Waals surface area (Å²) in [5.74, 6) is -0.333. The van der Waals surface area contributed by atoms with Crippen LogP contribution in [0.5, 0.6) is 0 Å². The van der Waals surface area contributed by atoms with Crippen LogP contribution in [-0.2, 0) is 9.53 Å². The first kappa shape index (κ1) is 18.0. The van der Waals surface area contributed by atoms with Crippen LogP contribution in [0.4, 0.5) is 0 Å². The maximum atomic E-state index is 12.0. The number of nitrogens with zero attached hydrogens (tertiary/aromatic N) is 3. The summed E-state index contributed by atoms with van der Waals surface area (Å²) >= 11 is 0. The number of carboxylic acid groups (broad SMARTS) is 1. The van der Waals surface area contributed by atoms with Gasteiger partial charge < -0.3 is 14.7 Å². The number of carbonyl (C=O) groups is 2. The zero-order valence-corrected chi connectivity index (χ0v) is 14.8. The predicted molar refractivity (Wildman–Crippen MR) is 95.0 cm³/mol. The number of aromatic nitrogens is 2. The van der Waals surface area contributed by atoms with Crippen molar-refractivity contribution in [3.63, 3.8) is 0 Å². The van der Waals surface area contributed by atoms with Crippen LogP contribution in [0.1, 0.15) is 34.2 Å². The topological polar surface area (TPSA) is 92.6 Å². The minimum Gasteiger partial charge on any atom is -0.478 e. The minimum atomic E-state index is -0.990. The summed E-state index contributed by atoms with van der Waals surface area (Å²) in [7, 11) is 1.51. The molecule has 1 aliphatic heterocycles. The van der Waals surface area contributed by atoms with Gasteiger partial charge in [0.2, 0.25) is 5.91 Å². The summed E-state index contributed by atoms with van der Waals surface area (Å²) in [4.78, 5) is 34.2. The number of aryl methyl sites for hydroxylation is 1. The Hall–Kier alpha value is -2.80. The second-order valence-electron chi connectivity index (χ2n) is 6.33. The Bertz CT molecular complexity index is 837. The summed E-state index contributed by atoms with van der Waals surface area (Å²) < 4.78 is 4.92. The Kier molecular flexibility index (Phi) is 5.27. The molecule has 0 radical (unpaired) electrons. The minimum absolute atomic E-state index is 0.0303. The highest BCUT2D eigenvalue weighted by atomic mass is 16.5. The van der Waals surface area contributed by atoms with Crippen molar-refractivity contribution in [3.05, 3.63) is 47.4 Å². The van der Waals surface area contributed by atoms with Crippen LogP contribution in [0.15, 0.2) is 30.3 Å². The molecule has 0 bridgehead atoms. The average Bonchev–Trinajstić information content (AvgIpc) is 3.12. The number of methoxy groups -OCH3 is 1. The second kappa shape index (κ2) is 7.61. The van der Waals surface area contributed by atoms with E-state index in [0.29, 0.717) is 30.2 Å². The number of hydrogen-bond acceptors (Lipinski definition) is 5. The number of carboxylic acids is 1. The van der Waals surface area contributed by atoms with Crippen molar-refractivity contribution in [1.82, 2.24) is 14.9 Å². The number of ether oxygens (including phenoxy) is 1. The van der Waals surface area contributed by atoms with Gasteiger partial charge in [0, 0.05) is 37.4 Å². The lowest BCUT2D eigenvalue weighted by atomic mass is 9.99. The number of hydrogen-bond donors (Lipinski definition) is 1. The molecule has 0 spiro atoms. The molecule has 136 valence electrons. The lowest BCUT2D eigenvalue weighted by Crippen LogP contribution is -2.31. The van der Waals surface area contributed by atoms with E-state index in [0.717, 1.165) is 12.1 Å². The molecule has 1 atom stereocenters. The number of benzene rings is 1. The smallest absolute Gasteiger partial charge is 0.336 e. The fourth-order valence-corrected chi connectivity index (χ4v) is 3.27. The quantitative estimate of drug-likeness (QED) is 0.883. The number of carbonyl (C=O) groups excluding carboxylic acids is 1. The van der Waals surface area contributed by atoms with Crippen LogP contribution in [-0.4, -0.2) is 58.7 Å². The van der Waals surface area contributed by atoms with E-state index in [2.05, 4.69) is 9.97 Å².